The van der Waals surface area contributed by atoms with Crippen molar-refractivity contribution < 1.29 is 18.6 Å². The molecule has 0 aromatic rings. The molecule has 0 atom stereocenters. The number of unbranched alkanes of at least 4 members (excludes halogenated alkanes) is 4. The number of hydrogen-bond donors (Lipinski definition) is 2. The summed E-state index contributed by atoms with van der Waals surface area (Å²) in [5.74, 6) is 0. The van der Waals surface area contributed by atoms with Gasteiger partial charge in [0.15, 0.2) is 0 Å². The fourth-order valence-corrected chi connectivity index (χ4v) is 2.99. The predicted octanol–water partition coefficient (Wildman–Crippen LogP) is 4.73. The third kappa shape index (κ3) is 9.28. The summed E-state index contributed by atoms with van der Waals surface area (Å²) in [5.41, 5.74) is 0.664. The molecule has 0 bridgehead atoms. The van der Waals surface area contributed by atoms with Crippen LogP contribution >= 0.6 is 0 Å². The first kappa shape index (κ1) is 23.8. The monoisotopic (exact) mass is 332 g/mol. The van der Waals surface area contributed by atoms with Crippen LogP contribution in [0.5, 0.6) is 0 Å². The number of nitrogens with one attached hydrogen (secondary N) is 2. The van der Waals surface area contributed by atoms with Crippen LogP contribution in [0.2, 0.25) is 0 Å². The maximum absolute atomic E-state index is 3.98. The van der Waals surface area contributed by atoms with E-state index in [2.05, 4.69) is 52.3 Å². The van der Waals surface area contributed by atoms with Crippen LogP contribution in [-0.4, -0.2) is 13.2 Å². The summed E-state index contributed by atoms with van der Waals surface area (Å²) >= 11 is 0. The molecule has 0 unspecified atom stereocenters. The van der Waals surface area contributed by atoms with Crippen LogP contribution in [-0.2, 0) is 18.6 Å². The average Bonchev–Trinajstić information content (AvgIpc) is 2.37. The predicted molar refractivity (Wildman–Crippen MR) is 90.9 cm³/mol. The van der Waals surface area contributed by atoms with Crippen LogP contribution in [0.3, 0.4) is 0 Å². The van der Waals surface area contributed by atoms with Crippen molar-refractivity contribution in [2.75, 3.05) is 13.2 Å². The Bertz CT molecular complexity index is 197. The van der Waals surface area contributed by atoms with E-state index in [1.807, 2.05) is 0 Å². The summed E-state index contributed by atoms with van der Waals surface area (Å²) in [7, 11) is 3.69. The SMILES string of the molecule is [CH2-]CCCCC(CCCC[CH2-])(CNCN[CH2-])C(C)(C)C.[V]. The smallest absolute Gasteiger partial charge is 0.0181 e. The Kier molecular flexibility index (Phi) is 14.7. The Balaban J connectivity index is 0. The molecule has 0 saturated carbocycles. The zero-order chi connectivity index (χ0) is 15.5. The van der Waals surface area contributed by atoms with Gasteiger partial charge in [0.1, 0.15) is 0 Å². The molecule has 1 radical (unpaired) electrons. The van der Waals surface area contributed by atoms with Gasteiger partial charge in [-0.3, -0.25) is 7.05 Å². The first-order chi connectivity index (χ1) is 9.43. The molecule has 0 aliphatic rings. The second-order valence-corrected chi connectivity index (χ2v) is 7.01. The van der Waals surface area contributed by atoms with E-state index in [9.17, 15) is 0 Å². The quantitative estimate of drug-likeness (QED) is 0.307. The number of rotatable bonds is 12. The molecule has 127 valence electrons. The van der Waals surface area contributed by atoms with E-state index in [0.717, 1.165) is 26.1 Å². The first-order valence-corrected chi connectivity index (χ1v) is 8.22. The van der Waals surface area contributed by atoms with Crippen molar-refractivity contribution in [2.45, 2.75) is 72.1 Å². The third-order valence-electron chi connectivity index (χ3n) is 4.62. The van der Waals surface area contributed by atoms with Gasteiger partial charge in [0, 0.05) is 31.8 Å². The molecule has 0 aliphatic carbocycles. The van der Waals surface area contributed by atoms with Gasteiger partial charge >= 0.3 is 0 Å². The van der Waals surface area contributed by atoms with E-state index < -0.39 is 0 Å². The molecule has 2 nitrogen and oxygen atoms in total. The first-order valence-electron chi connectivity index (χ1n) is 8.22. The Morgan fingerprint density at radius 1 is 0.857 bits per heavy atom. The summed E-state index contributed by atoms with van der Waals surface area (Å²) in [5, 5.41) is 6.48. The van der Waals surface area contributed by atoms with Gasteiger partial charge in [0.05, 0.1) is 0 Å². The molecular weight excluding hydrogens is 295 g/mol. The maximum atomic E-state index is 3.98. The van der Waals surface area contributed by atoms with Crippen molar-refractivity contribution >= 4 is 0 Å². The molecule has 0 heterocycles. The fourth-order valence-electron chi connectivity index (χ4n) is 2.99. The van der Waals surface area contributed by atoms with Crippen LogP contribution in [0, 0.1) is 31.7 Å². The van der Waals surface area contributed by atoms with Gasteiger partial charge in [0.25, 0.3) is 0 Å². The van der Waals surface area contributed by atoms with Crippen molar-refractivity contribution in [3.05, 3.63) is 20.9 Å². The summed E-state index contributed by atoms with van der Waals surface area (Å²) < 4.78 is 0. The van der Waals surface area contributed by atoms with Gasteiger partial charge in [-0.2, -0.15) is 12.8 Å². The second-order valence-electron chi connectivity index (χ2n) is 7.01. The molecule has 0 spiro atoms. The van der Waals surface area contributed by atoms with Gasteiger partial charge in [-0.05, 0) is 23.7 Å². The standard InChI is InChI=1S/C18H37N2.V/c1-7-9-11-13-18(17(3,4)5,14-12-10-8-2)15-20-16-19-6;/h19-20H,1-2,6-16H2,3-5H3;/q-3;. The Hall–Kier alpha value is 0.504. The van der Waals surface area contributed by atoms with E-state index in [4.69, 9.17) is 0 Å². The Labute approximate surface area is 146 Å². The van der Waals surface area contributed by atoms with Crippen LogP contribution in [0.4, 0.5) is 0 Å². The molecule has 0 saturated heterocycles. The van der Waals surface area contributed by atoms with Gasteiger partial charge in [0.2, 0.25) is 0 Å². The zero-order valence-corrected chi connectivity index (χ0v) is 16.0. The van der Waals surface area contributed by atoms with Crippen LogP contribution in [0.15, 0.2) is 0 Å². The maximum Gasteiger partial charge on any atom is 0.0181 e. The minimum Gasteiger partial charge on any atom is -0.461 e. The molecule has 0 fully saturated rings. The summed E-state index contributed by atoms with van der Waals surface area (Å²) in [6.07, 6.45) is 9.71. The van der Waals surface area contributed by atoms with Gasteiger partial charge in [-0.15, -0.1) is 0 Å². The molecule has 3 heteroatoms. The Morgan fingerprint density at radius 2 is 1.33 bits per heavy atom. The largest absolute Gasteiger partial charge is 0.461 e. The van der Waals surface area contributed by atoms with Crippen molar-refractivity contribution in [3.8, 4) is 0 Å². The molecule has 21 heavy (non-hydrogen) atoms. The van der Waals surface area contributed by atoms with Crippen LogP contribution in [0.1, 0.15) is 72.1 Å². The molecular formula is C18H37N2V-3. The normalized spacial score (nSPS) is 12.3. The minimum atomic E-state index is 0. The van der Waals surface area contributed by atoms with E-state index in [0.29, 0.717) is 10.8 Å². The summed E-state index contributed by atoms with van der Waals surface area (Å²) in [6, 6.07) is 0. The van der Waals surface area contributed by atoms with Gasteiger partial charge in [-0.1, -0.05) is 46.5 Å². The van der Waals surface area contributed by atoms with Crippen LogP contribution < -0.4 is 10.6 Å². The molecule has 0 aromatic carbocycles. The van der Waals surface area contributed by atoms with Gasteiger partial charge in [-0.25, -0.2) is 0 Å². The third-order valence-corrected chi connectivity index (χ3v) is 4.62. The van der Waals surface area contributed by atoms with Crippen molar-refractivity contribution in [1.29, 1.82) is 0 Å². The van der Waals surface area contributed by atoms with E-state index >= 15 is 0 Å². The minimum absolute atomic E-state index is 0. The van der Waals surface area contributed by atoms with E-state index in [-0.39, 0.29) is 18.6 Å². The van der Waals surface area contributed by atoms with Crippen molar-refractivity contribution in [2.24, 2.45) is 10.8 Å². The second kappa shape index (κ2) is 13.0. The van der Waals surface area contributed by atoms with Crippen molar-refractivity contribution in [1.82, 2.24) is 10.6 Å². The molecule has 0 rings (SSSR count). The van der Waals surface area contributed by atoms with E-state index in [1.165, 1.54) is 38.5 Å². The molecule has 0 amide bonds. The molecule has 0 aromatic heterocycles. The van der Waals surface area contributed by atoms with Crippen LogP contribution in [0.25, 0.3) is 0 Å². The fraction of sp³-hybridized carbons (Fsp3) is 0.833. The number of hydrogen-bond acceptors (Lipinski definition) is 2. The van der Waals surface area contributed by atoms with E-state index in [1.54, 1.807) is 0 Å². The summed E-state index contributed by atoms with van der Waals surface area (Å²) in [4.78, 5) is 0. The molecule has 0 aliphatic heterocycles. The van der Waals surface area contributed by atoms with Crippen molar-refractivity contribution in [3.63, 3.8) is 0 Å². The summed E-state index contributed by atoms with van der Waals surface area (Å²) in [6.45, 7) is 17.0. The topological polar surface area (TPSA) is 24.1 Å². The zero-order valence-electron chi connectivity index (χ0n) is 14.6. The van der Waals surface area contributed by atoms with Gasteiger partial charge < -0.3 is 24.5 Å². The average molecular weight is 332 g/mol. The Morgan fingerprint density at radius 3 is 1.67 bits per heavy atom. The molecule has 2 N–H and O–H groups in total.